The van der Waals surface area contributed by atoms with Crippen LogP contribution in [-0.4, -0.2) is 29.5 Å². The lowest BCUT2D eigenvalue weighted by Crippen LogP contribution is -2.26. The van der Waals surface area contributed by atoms with Crippen LogP contribution in [0.15, 0.2) is 41.9 Å². The van der Waals surface area contributed by atoms with Gasteiger partial charge in [-0.15, -0.1) is 0 Å². The molecule has 0 unspecified atom stereocenters. The van der Waals surface area contributed by atoms with Gasteiger partial charge < -0.3 is 4.57 Å². The summed E-state index contributed by atoms with van der Waals surface area (Å²) in [5.74, 6) is 0. The quantitative estimate of drug-likeness (QED) is 0.644. The van der Waals surface area contributed by atoms with Crippen molar-refractivity contribution in [2.45, 2.75) is 17.9 Å². The van der Waals surface area contributed by atoms with Gasteiger partial charge in [-0.1, -0.05) is 11.6 Å². The number of aromatic nitrogens is 3. The van der Waals surface area contributed by atoms with Gasteiger partial charge >= 0.3 is 0 Å². The van der Waals surface area contributed by atoms with Crippen molar-refractivity contribution in [3.63, 3.8) is 0 Å². The molecular formula is C11H13ClN4O2S. The summed E-state index contributed by atoms with van der Waals surface area (Å²) in [6.07, 6.45) is 7.30. The van der Waals surface area contributed by atoms with Crippen LogP contribution in [0.4, 0.5) is 0 Å². The minimum Gasteiger partial charge on any atom is -0.337 e. The molecule has 6 nitrogen and oxygen atoms in total. The molecule has 0 amide bonds. The van der Waals surface area contributed by atoms with Crippen molar-refractivity contribution in [3.05, 3.63) is 42.2 Å². The average Bonchev–Trinajstić information content (AvgIpc) is 2.88. The molecule has 0 aliphatic rings. The van der Waals surface area contributed by atoms with Crippen molar-refractivity contribution in [1.29, 1.82) is 0 Å². The average molecular weight is 301 g/mol. The maximum absolute atomic E-state index is 12.0. The molecule has 0 saturated carbocycles. The zero-order valence-corrected chi connectivity index (χ0v) is 11.6. The minimum absolute atomic E-state index is 0.000650. The maximum atomic E-state index is 12.0. The van der Waals surface area contributed by atoms with Crippen molar-refractivity contribution >= 4 is 21.6 Å². The molecule has 0 spiro atoms. The van der Waals surface area contributed by atoms with Gasteiger partial charge in [0.05, 0.1) is 6.33 Å². The van der Waals surface area contributed by atoms with Gasteiger partial charge in [0.25, 0.3) is 0 Å². The minimum atomic E-state index is -3.60. The van der Waals surface area contributed by atoms with Crippen LogP contribution < -0.4 is 4.72 Å². The van der Waals surface area contributed by atoms with E-state index in [1.165, 1.54) is 18.3 Å². The Morgan fingerprint density at radius 2 is 2.21 bits per heavy atom. The largest absolute Gasteiger partial charge is 0.337 e. The molecule has 0 atom stereocenters. The molecular weight excluding hydrogens is 288 g/mol. The van der Waals surface area contributed by atoms with Gasteiger partial charge in [-0.3, -0.25) is 0 Å². The summed E-state index contributed by atoms with van der Waals surface area (Å²) >= 11 is 5.76. The standard InChI is InChI=1S/C11H13ClN4O2S/c12-11-10(3-1-4-14-11)19(17,18)15-5-2-7-16-8-6-13-9-16/h1,3-4,6,8-9,15H,2,5,7H2. The zero-order valence-electron chi connectivity index (χ0n) is 10.0. The highest BCUT2D eigenvalue weighted by molar-refractivity contribution is 7.89. The predicted octanol–water partition coefficient (Wildman–Crippen LogP) is 1.30. The lowest BCUT2D eigenvalue weighted by Gasteiger charge is -2.07. The van der Waals surface area contributed by atoms with Crippen molar-refractivity contribution < 1.29 is 8.42 Å². The van der Waals surface area contributed by atoms with E-state index in [1.54, 1.807) is 12.5 Å². The van der Waals surface area contributed by atoms with Crippen LogP contribution in [0.25, 0.3) is 0 Å². The van der Waals surface area contributed by atoms with Gasteiger partial charge in [0, 0.05) is 31.7 Å². The molecule has 2 aromatic rings. The highest BCUT2D eigenvalue weighted by Gasteiger charge is 2.17. The summed E-state index contributed by atoms with van der Waals surface area (Å²) in [7, 11) is -3.60. The van der Waals surface area contributed by atoms with E-state index in [0.717, 1.165) is 0 Å². The molecule has 102 valence electrons. The van der Waals surface area contributed by atoms with Crippen molar-refractivity contribution in [3.8, 4) is 0 Å². The number of hydrogen-bond donors (Lipinski definition) is 1. The van der Waals surface area contributed by atoms with E-state index in [4.69, 9.17) is 11.6 Å². The lowest BCUT2D eigenvalue weighted by atomic mass is 10.4. The fourth-order valence-electron chi connectivity index (χ4n) is 1.54. The van der Waals surface area contributed by atoms with E-state index in [0.29, 0.717) is 19.5 Å². The Morgan fingerprint density at radius 3 is 2.89 bits per heavy atom. The van der Waals surface area contributed by atoms with E-state index < -0.39 is 10.0 Å². The first-order valence-corrected chi connectivity index (χ1v) is 7.51. The number of aryl methyl sites for hydroxylation is 1. The second-order valence-corrected chi connectivity index (χ2v) is 5.94. The topological polar surface area (TPSA) is 76.9 Å². The monoisotopic (exact) mass is 300 g/mol. The second kappa shape index (κ2) is 6.14. The molecule has 2 rings (SSSR count). The Morgan fingerprint density at radius 1 is 1.37 bits per heavy atom. The molecule has 19 heavy (non-hydrogen) atoms. The fraction of sp³-hybridized carbons (Fsp3) is 0.273. The molecule has 1 N–H and O–H groups in total. The van der Waals surface area contributed by atoms with E-state index >= 15 is 0 Å². The number of imidazole rings is 1. The van der Waals surface area contributed by atoms with Crippen LogP contribution in [0.1, 0.15) is 6.42 Å². The number of hydrogen-bond acceptors (Lipinski definition) is 4. The van der Waals surface area contributed by atoms with Crippen LogP contribution in [-0.2, 0) is 16.6 Å². The summed E-state index contributed by atoms with van der Waals surface area (Å²) in [5, 5.41) is -0.0235. The Bertz CT molecular complexity index is 628. The molecule has 0 bridgehead atoms. The molecule has 0 aliphatic heterocycles. The molecule has 0 radical (unpaired) electrons. The lowest BCUT2D eigenvalue weighted by molar-refractivity contribution is 0.569. The fourth-order valence-corrected chi connectivity index (χ4v) is 3.06. The highest BCUT2D eigenvalue weighted by atomic mass is 35.5. The SMILES string of the molecule is O=S(=O)(NCCCn1ccnc1)c1cccnc1Cl. The second-order valence-electron chi connectivity index (χ2n) is 3.84. The number of rotatable bonds is 6. The molecule has 0 aromatic carbocycles. The molecule has 2 heterocycles. The van der Waals surface area contributed by atoms with Crippen LogP contribution in [0.3, 0.4) is 0 Å². The van der Waals surface area contributed by atoms with Crippen molar-refractivity contribution in [2.75, 3.05) is 6.54 Å². The molecule has 2 aromatic heterocycles. The van der Waals surface area contributed by atoms with E-state index in [2.05, 4.69) is 14.7 Å². The smallest absolute Gasteiger partial charge is 0.243 e. The van der Waals surface area contributed by atoms with Gasteiger partial charge in [0.2, 0.25) is 10.0 Å². The van der Waals surface area contributed by atoms with Crippen LogP contribution in [0.5, 0.6) is 0 Å². The number of nitrogens with zero attached hydrogens (tertiary/aromatic N) is 3. The van der Waals surface area contributed by atoms with Crippen molar-refractivity contribution in [2.24, 2.45) is 0 Å². The molecule has 0 aliphatic carbocycles. The maximum Gasteiger partial charge on any atom is 0.243 e. The van der Waals surface area contributed by atoms with Crippen molar-refractivity contribution in [1.82, 2.24) is 19.3 Å². The van der Waals surface area contributed by atoms with E-state index in [9.17, 15) is 8.42 Å². The molecule has 8 heteroatoms. The van der Waals surface area contributed by atoms with Gasteiger partial charge in [0.15, 0.2) is 0 Å². The summed E-state index contributed by atoms with van der Waals surface area (Å²) in [6, 6.07) is 2.96. The molecule has 0 saturated heterocycles. The number of nitrogens with one attached hydrogen (secondary N) is 1. The third-order valence-electron chi connectivity index (χ3n) is 2.46. The van der Waals surface area contributed by atoms with Crippen LogP contribution in [0.2, 0.25) is 5.15 Å². The normalized spacial score (nSPS) is 11.6. The molecule has 0 fully saturated rings. The zero-order chi connectivity index (χ0) is 13.7. The third kappa shape index (κ3) is 3.76. The Labute approximate surface area is 116 Å². The first-order chi connectivity index (χ1) is 9.09. The predicted molar refractivity (Wildman–Crippen MR) is 71.3 cm³/mol. The van der Waals surface area contributed by atoms with E-state index in [1.807, 2.05) is 10.8 Å². The summed E-state index contributed by atoms with van der Waals surface area (Å²) < 4.78 is 28.3. The third-order valence-corrected chi connectivity index (χ3v) is 4.36. The first-order valence-electron chi connectivity index (χ1n) is 5.65. The van der Waals surface area contributed by atoms with E-state index in [-0.39, 0.29) is 10.0 Å². The summed E-state index contributed by atoms with van der Waals surface area (Å²) in [5.41, 5.74) is 0. The summed E-state index contributed by atoms with van der Waals surface area (Å²) in [4.78, 5) is 7.65. The summed E-state index contributed by atoms with van der Waals surface area (Å²) in [6.45, 7) is 1.02. The Balaban J connectivity index is 1.90. The van der Waals surface area contributed by atoms with Gasteiger partial charge in [-0.2, -0.15) is 0 Å². The van der Waals surface area contributed by atoms with Crippen LogP contribution >= 0.6 is 11.6 Å². The Kier molecular flexibility index (Phi) is 4.52. The number of halogens is 1. The number of sulfonamides is 1. The van der Waals surface area contributed by atoms with Gasteiger partial charge in [0.1, 0.15) is 10.0 Å². The first kappa shape index (κ1) is 14.0. The van der Waals surface area contributed by atoms with Gasteiger partial charge in [-0.25, -0.2) is 23.1 Å². The Hall–Kier alpha value is -1.44. The van der Waals surface area contributed by atoms with Crippen LogP contribution in [0, 0.1) is 0 Å². The highest BCUT2D eigenvalue weighted by Crippen LogP contribution is 2.17. The van der Waals surface area contributed by atoms with Gasteiger partial charge in [-0.05, 0) is 18.6 Å². The number of pyridine rings is 1.